The van der Waals surface area contributed by atoms with E-state index in [2.05, 4.69) is 10.7 Å². The first-order valence-electron chi connectivity index (χ1n) is 6.03. The number of hydrogen-bond acceptors (Lipinski definition) is 4. The molecule has 0 radical (unpaired) electrons. The van der Waals surface area contributed by atoms with E-state index in [0.717, 1.165) is 17.0 Å². The molecule has 100 valence electrons. The molecule has 0 aliphatic rings. The second-order valence-corrected chi connectivity index (χ2v) is 4.38. The summed E-state index contributed by atoms with van der Waals surface area (Å²) in [4.78, 5) is 12.1. The molecule has 1 aromatic carbocycles. The predicted octanol–water partition coefficient (Wildman–Crippen LogP) is 2.36. The quantitative estimate of drug-likeness (QED) is 0.581. The summed E-state index contributed by atoms with van der Waals surface area (Å²) in [6.07, 6.45) is 1.59. The molecule has 1 amide bonds. The van der Waals surface area contributed by atoms with Crippen LogP contribution < -0.4 is 16.6 Å². The molecule has 0 fully saturated rings. The van der Waals surface area contributed by atoms with Gasteiger partial charge in [-0.1, -0.05) is 0 Å². The number of nitrogen functional groups attached to an aromatic ring is 1. The highest BCUT2D eigenvalue weighted by atomic mass is 16.3. The van der Waals surface area contributed by atoms with Crippen molar-refractivity contribution >= 4 is 11.6 Å². The Morgan fingerprint density at radius 1 is 1.37 bits per heavy atom. The molecule has 0 saturated carbocycles. The van der Waals surface area contributed by atoms with E-state index < -0.39 is 0 Å². The SMILES string of the molecule is Cc1cc(C(=O)NC(C)c2ccco2)ccc1NN. The molecule has 0 saturated heterocycles. The summed E-state index contributed by atoms with van der Waals surface area (Å²) in [7, 11) is 0. The first kappa shape index (κ1) is 13.2. The minimum absolute atomic E-state index is 0.143. The number of furan rings is 1. The lowest BCUT2D eigenvalue weighted by Crippen LogP contribution is -2.26. The van der Waals surface area contributed by atoms with Gasteiger partial charge in [0.1, 0.15) is 5.76 Å². The van der Waals surface area contributed by atoms with Gasteiger partial charge in [0.15, 0.2) is 0 Å². The molecule has 1 heterocycles. The molecule has 5 nitrogen and oxygen atoms in total. The zero-order valence-electron chi connectivity index (χ0n) is 10.9. The lowest BCUT2D eigenvalue weighted by molar-refractivity contribution is 0.0935. The number of rotatable bonds is 4. The third-order valence-corrected chi connectivity index (χ3v) is 2.96. The molecule has 1 atom stereocenters. The number of carbonyl (C=O) groups is 1. The molecule has 19 heavy (non-hydrogen) atoms. The van der Waals surface area contributed by atoms with Crippen LogP contribution in [0.25, 0.3) is 0 Å². The van der Waals surface area contributed by atoms with Crippen LogP contribution in [0.4, 0.5) is 5.69 Å². The van der Waals surface area contributed by atoms with E-state index in [1.807, 2.05) is 19.9 Å². The normalized spacial score (nSPS) is 11.9. The summed E-state index contributed by atoms with van der Waals surface area (Å²) in [6, 6.07) is 8.75. The molecular formula is C14H17N3O2. The number of hydrogen-bond donors (Lipinski definition) is 3. The molecule has 0 aliphatic carbocycles. The maximum atomic E-state index is 12.1. The number of aryl methyl sites for hydroxylation is 1. The van der Waals surface area contributed by atoms with Crippen molar-refractivity contribution in [2.24, 2.45) is 5.84 Å². The van der Waals surface area contributed by atoms with E-state index in [9.17, 15) is 4.79 Å². The van der Waals surface area contributed by atoms with E-state index in [4.69, 9.17) is 10.3 Å². The first-order chi connectivity index (χ1) is 9.11. The van der Waals surface area contributed by atoms with Crippen molar-refractivity contribution in [3.8, 4) is 0 Å². The van der Waals surface area contributed by atoms with Gasteiger partial charge in [-0.15, -0.1) is 0 Å². The summed E-state index contributed by atoms with van der Waals surface area (Å²) in [5, 5.41) is 2.88. The highest BCUT2D eigenvalue weighted by molar-refractivity contribution is 5.95. The van der Waals surface area contributed by atoms with Crippen molar-refractivity contribution in [3.63, 3.8) is 0 Å². The molecule has 0 aliphatic heterocycles. The van der Waals surface area contributed by atoms with Gasteiger partial charge in [0, 0.05) is 5.56 Å². The van der Waals surface area contributed by atoms with Crippen LogP contribution in [0, 0.1) is 6.92 Å². The lowest BCUT2D eigenvalue weighted by Gasteiger charge is -2.12. The molecule has 5 heteroatoms. The van der Waals surface area contributed by atoms with Crippen molar-refractivity contribution in [2.45, 2.75) is 19.9 Å². The third-order valence-electron chi connectivity index (χ3n) is 2.96. The van der Waals surface area contributed by atoms with Crippen LogP contribution in [0.5, 0.6) is 0 Å². The average Bonchev–Trinajstić information content (AvgIpc) is 2.92. The van der Waals surface area contributed by atoms with Gasteiger partial charge in [0.2, 0.25) is 0 Å². The second kappa shape index (κ2) is 5.58. The Morgan fingerprint density at radius 3 is 2.74 bits per heavy atom. The van der Waals surface area contributed by atoms with Crippen LogP contribution in [0.2, 0.25) is 0 Å². The summed E-state index contributed by atoms with van der Waals surface area (Å²) in [6.45, 7) is 3.77. The largest absolute Gasteiger partial charge is 0.467 e. The zero-order chi connectivity index (χ0) is 13.8. The Kier molecular flexibility index (Phi) is 3.87. The number of nitrogens with one attached hydrogen (secondary N) is 2. The van der Waals surface area contributed by atoms with Crippen LogP contribution in [0.15, 0.2) is 41.0 Å². The van der Waals surface area contributed by atoms with Crippen LogP contribution in [-0.4, -0.2) is 5.91 Å². The average molecular weight is 259 g/mol. The Hall–Kier alpha value is -2.27. The van der Waals surface area contributed by atoms with E-state index in [-0.39, 0.29) is 11.9 Å². The van der Waals surface area contributed by atoms with Gasteiger partial charge >= 0.3 is 0 Å². The van der Waals surface area contributed by atoms with Gasteiger partial charge in [-0.05, 0) is 49.7 Å². The summed E-state index contributed by atoms with van der Waals surface area (Å²) >= 11 is 0. The molecule has 1 aromatic heterocycles. The Morgan fingerprint density at radius 2 is 2.16 bits per heavy atom. The summed E-state index contributed by atoms with van der Waals surface area (Å²) in [5.74, 6) is 5.94. The van der Waals surface area contributed by atoms with Crippen molar-refractivity contribution in [1.29, 1.82) is 0 Å². The Bertz CT molecular complexity index is 564. The Balaban J connectivity index is 2.10. The van der Waals surface area contributed by atoms with Crippen molar-refractivity contribution < 1.29 is 9.21 Å². The predicted molar refractivity (Wildman–Crippen MR) is 73.6 cm³/mol. The van der Waals surface area contributed by atoms with Gasteiger partial charge < -0.3 is 15.2 Å². The van der Waals surface area contributed by atoms with Gasteiger partial charge in [0.25, 0.3) is 5.91 Å². The van der Waals surface area contributed by atoms with Crippen LogP contribution in [-0.2, 0) is 0 Å². The fraction of sp³-hybridized carbons (Fsp3) is 0.214. The second-order valence-electron chi connectivity index (χ2n) is 4.38. The highest BCUT2D eigenvalue weighted by Gasteiger charge is 2.13. The Labute approximate surface area is 111 Å². The van der Waals surface area contributed by atoms with Gasteiger partial charge in [0.05, 0.1) is 18.0 Å². The monoisotopic (exact) mass is 259 g/mol. The third kappa shape index (κ3) is 2.95. The van der Waals surface area contributed by atoms with Gasteiger partial charge in [-0.25, -0.2) is 0 Å². The number of anilines is 1. The number of nitrogens with two attached hydrogens (primary N) is 1. The van der Waals surface area contributed by atoms with Crippen LogP contribution in [0.1, 0.15) is 34.6 Å². The molecule has 1 unspecified atom stereocenters. The van der Waals surface area contributed by atoms with Gasteiger partial charge in [-0.3, -0.25) is 10.6 Å². The fourth-order valence-electron chi connectivity index (χ4n) is 1.86. The molecule has 2 rings (SSSR count). The molecular weight excluding hydrogens is 242 g/mol. The van der Waals surface area contributed by atoms with Crippen LogP contribution >= 0.6 is 0 Å². The van der Waals surface area contributed by atoms with Crippen molar-refractivity contribution in [3.05, 3.63) is 53.5 Å². The zero-order valence-corrected chi connectivity index (χ0v) is 10.9. The minimum atomic E-state index is -0.171. The maximum Gasteiger partial charge on any atom is 0.251 e. The lowest BCUT2D eigenvalue weighted by atomic mass is 10.1. The number of amides is 1. The fourth-order valence-corrected chi connectivity index (χ4v) is 1.86. The van der Waals surface area contributed by atoms with Crippen LogP contribution in [0.3, 0.4) is 0 Å². The van der Waals surface area contributed by atoms with Crippen molar-refractivity contribution in [2.75, 3.05) is 5.43 Å². The molecule has 0 spiro atoms. The topological polar surface area (TPSA) is 80.3 Å². The number of carbonyl (C=O) groups excluding carboxylic acids is 1. The van der Waals surface area contributed by atoms with E-state index in [0.29, 0.717) is 5.56 Å². The molecule has 2 aromatic rings. The standard InChI is InChI=1S/C14H17N3O2/c1-9-8-11(5-6-12(9)17-15)14(18)16-10(2)13-4-3-7-19-13/h3-8,10,17H,15H2,1-2H3,(H,16,18). The smallest absolute Gasteiger partial charge is 0.251 e. The number of benzene rings is 1. The minimum Gasteiger partial charge on any atom is -0.467 e. The van der Waals surface area contributed by atoms with E-state index in [1.165, 1.54) is 0 Å². The highest BCUT2D eigenvalue weighted by Crippen LogP contribution is 2.17. The summed E-state index contributed by atoms with van der Waals surface area (Å²) < 4.78 is 5.25. The summed E-state index contributed by atoms with van der Waals surface area (Å²) in [5.41, 5.74) is 4.89. The first-order valence-corrected chi connectivity index (χ1v) is 6.03. The maximum absolute atomic E-state index is 12.1. The number of hydrazine groups is 1. The molecule has 4 N–H and O–H groups in total. The van der Waals surface area contributed by atoms with Gasteiger partial charge in [-0.2, -0.15) is 0 Å². The van der Waals surface area contributed by atoms with E-state index in [1.54, 1.807) is 30.5 Å². The molecule has 0 bridgehead atoms. The van der Waals surface area contributed by atoms with Crippen molar-refractivity contribution in [1.82, 2.24) is 5.32 Å². The van der Waals surface area contributed by atoms with E-state index >= 15 is 0 Å².